The molecule has 0 aliphatic carbocycles. The van der Waals surface area contributed by atoms with Crippen LogP contribution in [0.25, 0.3) is 0 Å². The molecule has 0 bridgehead atoms. The first kappa shape index (κ1) is 8.84. The van der Waals surface area contributed by atoms with E-state index in [1.165, 1.54) is 0 Å². The van der Waals surface area contributed by atoms with Gasteiger partial charge in [-0.1, -0.05) is 12.7 Å². The fourth-order valence-corrected chi connectivity index (χ4v) is 1.10. The molecule has 1 aliphatic heterocycles. The lowest BCUT2D eigenvalue weighted by atomic mass is 10.0. The van der Waals surface area contributed by atoms with Crippen molar-refractivity contribution in [3.8, 4) is 0 Å². The van der Waals surface area contributed by atoms with Crippen LogP contribution >= 0.6 is 0 Å². The first-order valence-corrected chi connectivity index (χ1v) is 3.80. The van der Waals surface area contributed by atoms with Gasteiger partial charge in [-0.2, -0.15) is 0 Å². The molecule has 0 aromatic rings. The highest BCUT2D eigenvalue weighted by molar-refractivity contribution is 5.74. The zero-order chi connectivity index (χ0) is 9.35. The van der Waals surface area contributed by atoms with Gasteiger partial charge in [0.2, 0.25) is 0 Å². The Hall–Kier alpha value is -1.25. The molecule has 1 rings (SSSR count). The van der Waals surface area contributed by atoms with Crippen LogP contribution in [-0.4, -0.2) is 23.1 Å². The Balaban J connectivity index is 2.90. The maximum absolute atomic E-state index is 11.2. The Morgan fingerprint density at radius 1 is 1.67 bits per heavy atom. The van der Waals surface area contributed by atoms with Gasteiger partial charge in [0.25, 0.3) is 0 Å². The molecule has 1 fully saturated rings. The lowest BCUT2D eigenvalue weighted by Crippen LogP contribution is -2.40. The molecule has 0 spiro atoms. The van der Waals surface area contributed by atoms with Crippen LogP contribution in [0.4, 0.5) is 4.79 Å². The minimum absolute atomic E-state index is 0.343. The number of carbonyl (C=O) groups is 1. The number of nitrogens with zero attached hydrogens (tertiary/aromatic N) is 1. The fourth-order valence-electron chi connectivity index (χ4n) is 1.10. The second kappa shape index (κ2) is 2.66. The Morgan fingerprint density at radius 2 is 2.25 bits per heavy atom. The number of ether oxygens (including phenoxy) is 1. The monoisotopic (exact) mass is 167 g/mol. The van der Waals surface area contributed by atoms with Crippen molar-refractivity contribution >= 4 is 6.09 Å². The first-order valence-electron chi connectivity index (χ1n) is 3.80. The van der Waals surface area contributed by atoms with Crippen molar-refractivity contribution in [1.29, 1.82) is 0 Å². The number of cyclic esters (lactones) is 1. The average Bonchev–Trinajstić information content (AvgIpc) is 2.14. The number of rotatable bonds is 2. The fraction of sp³-hybridized carbons (Fsp3) is 0.444. The minimum atomic E-state index is -0.411. The van der Waals surface area contributed by atoms with Gasteiger partial charge in [-0.05, 0) is 13.8 Å². The second-order valence-corrected chi connectivity index (χ2v) is 3.25. The van der Waals surface area contributed by atoms with Crippen LogP contribution in [0.3, 0.4) is 0 Å². The molecule has 3 heteroatoms. The van der Waals surface area contributed by atoms with Gasteiger partial charge in [-0.3, -0.25) is 4.90 Å². The van der Waals surface area contributed by atoms with E-state index >= 15 is 0 Å². The van der Waals surface area contributed by atoms with Gasteiger partial charge < -0.3 is 4.74 Å². The predicted octanol–water partition coefficient (Wildman–Crippen LogP) is 1.92. The van der Waals surface area contributed by atoms with Crippen LogP contribution in [0.1, 0.15) is 13.8 Å². The molecule has 3 nitrogen and oxygen atoms in total. The molecule has 0 atom stereocenters. The number of amides is 1. The van der Waals surface area contributed by atoms with Gasteiger partial charge in [0.05, 0.1) is 5.54 Å². The van der Waals surface area contributed by atoms with E-state index in [1.807, 2.05) is 13.8 Å². The summed E-state index contributed by atoms with van der Waals surface area (Å²) in [6.07, 6.45) is 1.33. The van der Waals surface area contributed by atoms with Gasteiger partial charge in [0, 0.05) is 6.54 Å². The summed E-state index contributed by atoms with van der Waals surface area (Å²) in [6.45, 7) is 11.5. The van der Waals surface area contributed by atoms with Crippen LogP contribution < -0.4 is 0 Å². The normalized spacial score (nSPS) is 21.0. The molecule has 0 aromatic carbocycles. The molecule has 66 valence electrons. The molecular formula is C9H13NO2. The van der Waals surface area contributed by atoms with Gasteiger partial charge in [-0.25, -0.2) is 4.79 Å². The Morgan fingerprint density at radius 3 is 2.58 bits per heavy atom. The van der Waals surface area contributed by atoms with Crippen LogP contribution in [0.5, 0.6) is 0 Å². The van der Waals surface area contributed by atoms with E-state index in [0.29, 0.717) is 12.3 Å². The average molecular weight is 167 g/mol. The minimum Gasteiger partial charge on any atom is -0.413 e. The summed E-state index contributed by atoms with van der Waals surface area (Å²) in [5, 5.41) is 0. The molecule has 0 N–H and O–H groups in total. The van der Waals surface area contributed by atoms with Crippen molar-refractivity contribution in [1.82, 2.24) is 4.90 Å². The third kappa shape index (κ3) is 1.11. The zero-order valence-corrected chi connectivity index (χ0v) is 7.46. The summed E-state index contributed by atoms with van der Waals surface area (Å²) < 4.78 is 4.89. The van der Waals surface area contributed by atoms with E-state index in [9.17, 15) is 4.79 Å². The summed E-state index contributed by atoms with van der Waals surface area (Å²) >= 11 is 0. The summed E-state index contributed by atoms with van der Waals surface area (Å²) in [5.74, 6) is 0.495. The van der Waals surface area contributed by atoms with E-state index in [-0.39, 0.29) is 6.09 Å². The summed E-state index contributed by atoms with van der Waals surface area (Å²) in [7, 11) is 0. The SMILES string of the molecule is C=CCN1C(=O)OC(=C)C1(C)C. The molecule has 0 aromatic heterocycles. The highest BCUT2D eigenvalue weighted by Crippen LogP contribution is 2.31. The van der Waals surface area contributed by atoms with Gasteiger partial charge >= 0.3 is 6.09 Å². The van der Waals surface area contributed by atoms with Crippen LogP contribution in [0.2, 0.25) is 0 Å². The maximum Gasteiger partial charge on any atom is 0.416 e. The smallest absolute Gasteiger partial charge is 0.413 e. The van der Waals surface area contributed by atoms with Crippen LogP contribution in [-0.2, 0) is 4.74 Å². The summed E-state index contributed by atoms with van der Waals surface area (Å²) in [5.41, 5.74) is -0.411. The first-order chi connectivity index (χ1) is 5.50. The highest BCUT2D eigenvalue weighted by atomic mass is 16.6. The molecule has 0 saturated carbocycles. The molecule has 1 saturated heterocycles. The number of hydrogen-bond acceptors (Lipinski definition) is 2. The van der Waals surface area contributed by atoms with E-state index in [1.54, 1.807) is 11.0 Å². The van der Waals surface area contributed by atoms with Crippen molar-refractivity contribution < 1.29 is 9.53 Å². The van der Waals surface area contributed by atoms with E-state index in [0.717, 1.165) is 0 Å². The van der Waals surface area contributed by atoms with E-state index < -0.39 is 5.54 Å². The lowest BCUT2D eigenvalue weighted by Gasteiger charge is -2.26. The van der Waals surface area contributed by atoms with Gasteiger partial charge in [-0.15, -0.1) is 6.58 Å². The standard InChI is InChI=1S/C9H13NO2/c1-5-6-10-8(11)12-7(2)9(10,3)4/h5H,1-2,6H2,3-4H3. The van der Waals surface area contributed by atoms with E-state index in [2.05, 4.69) is 13.2 Å². The Labute approximate surface area is 72.3 Å². The molecule has 1 aliphatic rings. The Kier molecular flexibility index (Phi) is 1.96. The zero-order valence-electron chi connectivity index (χ0n) is 7.46. The topological polar surface area (TPSA) is 29.5 Å². The molecule has 0 unspecified atom stereocenters. The quantitative estimate of drug-likeness (QED) is 0.588. The molecule has 12 heavy (non-hydrogen) atoms. The van der Waals surface area contributed by atoms with Crippen molar-refractivity contribution in [3.63, 3.8) is 0 Å². The highest BCUT2D eigenvalue weighted by Gasteiger charge is 2.42. The van der Waals surface area contributed by atoms with Crippen LogP contribution in [0.15, 0.2) is 25.0 Å². The van der Waals surface area contributed by atoms with Gasteiger partial charge in [0.1, 0.15) is 5.76 Å². The van der Waals surface area contributed by atoms with Crippen molar-refractivity contribution in [2.24, 2.45) is 0 Å². The number of hydrogen-bond donors (Lipinski definition) is 0. The summed E-state index contributed by atoms with van der Waals surface area (Å²) in [6, 6.07) is 0. The molecule has 1 heterocycles. The van der Waals surface area contributed by atoms with Crippen molar-refractivity contribution in [3.05, 3.63) is 25.0 Å². The molecular weight excluding hydrogens is 154 g/mol. The number of carbonyl (C=O) groups excluding carboxylic acids is 1. The van der Waals surface area contributed by atoms with Crippen molar-refractivity contribution in [2.45, 2.75) is 19.4 Å². The van der Waals surface area contributed by atoms with E-state index in [4.69, 9.17) is 4.74 Å². The van der Waals surface area contributed by atoms with Gasteiger partial charge in [0.15, 0.2) is 0 Å². The third-order valence-electron chi connectivity index (χ3n) is 2.10. The lowest BCUT2D eigenvalue weighted by molar-refractivity contribution is 0.163. The second-order valence-electron chi connectivity index (χ2n) is 3.25. The maximum atomic E-state index is 11.2. The largest absolute Gasteiger partial charge is 0.416 e. The molecule has 0 radical (unpaired) electrons. The predicted molar refractivity (Wildman–Crippen MR) is 46.6 cm³/mol. The Bertz CT molecular complexity index is 243. The van der Waals surface area contributed by atoms with Crippen LogP contribution in [0, 0.1) is 0 Å². The van der Waals surface area contributed by atoms with Crippen molar-refractivity contribution in [2.75, 3.05) is 6.54 Å². The third-order valence-corrected chi connectivity index (χ3v) is 2.10. The molecule has 1 amide bonds. The summed E-state index contributed by atoms with van der Waals surface area (Å²) in [4.78, 5) is 12.8.